The third-order valence-corrected chi connectivity index (χ3v) is 3.65. The van der Waals surface area contributed by atoms with E-state index < -0.39 is 0 Å². The molecule has 0 spiro atoms. The van der Waals surface area contributed by atoms with Crippen molar-refractivity contribution >= 4 is 5.91 Å². The molecule has 1 saturated heterocycles. The standard InChI is InChI=1S/C15H31N3O/c1-13(19)16-12-14-6-10-18(11-7-14)9-5-8-17-15(2,3)4/h14,17H,5-12H2,1-4H3,(H,16,19). The lowest BCUT2D eigenvalue weighted by molar-refractivity contribution is -0.119. The van der Waals surface area contributed by atoms with Gasteiger partial charge in [0, 0.05) is 19.0 Å². The maximum atomic E-state index is 10.9. The van der Waals surface area contributed by atoms with Crippen LogP contribution in [0.2, 0.25) is 0 Å². The van der Waals surface area contributed by atoms with E-state index in [2.05, 4.69) is 36.3 Å². The fourth-order valence-corrected chi connectivity index (χ4v) is 2.47. The number of carbonyl (C=O) groups excluding carboxylic acids is 1. The molecule has 19 heavy (non-hydrogen) atoms. The van der Waals surface area contributed by atoms with Gasteiger partial charge >= 0.3 is 0 Å². The van der Waals surface area contributed by atoms with Gasteiger partial charge < -0.3 is 15.5 Å². The number of piperidine rings is 1. The number of carbonyl (C=O) groups is 1. The number of hydrogen-bond acceptors (Lipinski definition) is 3. The van der Waals surface area contributed by atoms with E-state index in [4.69, 9.17) is 0 Å². The number of amides is 1. The molecule has 1 aliphatic rings. The fraction of sp³-hybridized carbons (Fsp3) is 0.933. The van der Waals surface area contributed by atoms with E-state index in [1.807, 2.05) is 0 Å². The van der Waals surface area contributed by atoms with Gasteiger partial charge in [-0.1, -0.05) is 0 Å². The molecule has 4 heteroatoms. The molecule has 0 aliphatic carbocycles. The van der Waals surface area contributed by atoms with Gasteiger partial charge in [0.25, 0.3) is 0 Å². The summed E-state index contributed by atoms with van der Waals surface area (Å²) in [5, 5.41) is 6.46. The van der Waals surface area contributed by atoms with Gasteiger partial charge in [-0.25, -0.2) is 0 Å². The Morgan fingerprint density at radius 2 is 1.89 bits per heavy atom. The summed E-state index contributed by atoms with van der Waals surface area (Å²) in [6, 6.07) is 0. The highest BCUT2D eigenvalue weighted by molar-refractivity contribution is 5.72. The van der Waals surface area contributed by atoms with Crippen LogP contribution in [0.3, 0.4) is 0 Å². The number of rotatable bonds is 6. The largest absolute Gasteiger partial charge is 0.356 e. The molecule has 2 N–H and O–H groups in total. The first kappa shape index (κ1) is 16.4. The fourth-order valence-electron chi connectivity index (χ4n) is 2.47. The van der Waals surface area contributed by atoms with E-state index in [-0.39, 0.29) is 11.4 Å². The second-order valence-electron chi connectivity index (χ2n) is 6.75. The van der Waals surface area contributed by atoms with Crippen LogP contribution in [0.1, 0.15) is 47.0 Å². The van der Waals surface area contributed by atoms with E-state index in [0.29, 0.717) is 5.92 Å². The summed E-state index contributed by atoms with van der Waals surface area (Å²) >= 11 is 0. The zero-order valence-corrected chi connectivity index (χ0v) is 13.1. The maximum Gasteiger partial charge on any atom is 0.216 e. The van der Waals surface area contributed by atoms with Crippen LogP contribution in [-0.4, -0.2) is 49.1 Å². The molecule has 0 saturated carbocycles. The van der Waals surface area contributed by atoms with Gasteiger partial charge in [-0.2, -0.15) is 0 Å². The van der Waals surface area contributed by atoms with Gasteiger partial charge in [0.1, 0.15) is 0 Å². The van der Waals surface area contributed by atoms with Crippen LogP contribution in [-0.2, 0) is 4.79 Å². The summed E-state index contributed by atoms with van der Waals surface area (Å²) in [4.78, 5) is 13.4. The molecular weight excluding hydrogens is 238 g/mol. The van der Waals surface area contributed by atoms with Crippen molar-refractivity contribution in [2.45, 2.75) is 52.5 Å². The van der Waals surface area contributed by atoms with Crippen molar-refractivity contribution in [1.29, 1.82) is 0 Å². The van der Waals surface area contributed by atoms with Gasteiger partial charge in [-0.15, -0.1) is 0 Å². The molecule has 0 aromatic rings. The lowest BCUT2D eigenvalue weighted by Gasteiger charge is -2.32. The number of nitrogens with one attached hydrogen (secondary N) is 2. The minimum atomic E-state index is 0.0932. The summed E-state index contributed by atoms with van der Waals surface area (Å²) in [6.07, 6.45) is 3.65. The Labute approximate surface area is 118 Å². The van der Waals surface area contributed by atoms with Crippen molar-refractivity contribution in [2.75, 3.05) is 32.7 Å². The maximum absolute atomic E-state index is 10.9. The third-order valence-electron chi connectivity index (χ3n) is 3.65. The van der Waals surface area contributed by atoms with Crippen LogP contribution >= 0.6 is 0 Å². The van der Waals surface area contributed by atoms with E-state index in [1.54, 1.807) is 6.92 Å². The van der Waals surface area contributed by atoms with Crippen LogP contribution in [0, 0.1) is 5.92 Å². The molecule has 0 radical (unpaired) electrons. The van der Waals surface area contributed by atoms with Crippen molar-refractivity contribution in [1.82, 2.24) is 15.5 Å². The average molecular weight is 269 g/mol. The number of likely N-dealkylation sites (tertiary alicyclic amines) is 1. The van der Waals surface area contributed by atoms with Crippen LogP contribution in [0.4, 0.5) is 0 Å². The van der Waals surface area contributed by atoms with Crippen LogP contribution in [0.5, 0.6) is 0 Å². The SMILES string of the molecule is CC(=O)NCC1CCN(CCCNC(C)(C)C)CC1. The predicted molar refractivity (Wildman–Crippen MR) is 80.2 cm³/mol. The highest BCUT2D eigenvalue weighted by atomic mass is 16.1. The van der Waals surface area contributed by atoms with Crippen molar-refractivity contribution in [2.24, 2.45) is 5.92 Å². The number of nitrogens with zero attached hydrogens (tertiary/aromatic N) is 1. The molecule has 112 valence electrons. The first-order valence-electron chi connectivity index (χ1n) is 7.58. The molecule has 1 heterocycles. The Morgan fingerprint density at radius 3 is 2.42 bits per heavy atom. The van der Waals surface area contributed by atoms with E-state index in [9.17, 15) is 4.79 Å². The van der Waals surface area contributed by atoms with Gasteiger partial charge in [0.15, 0.2) is 0 Å². The Bertz CT molecular complexity index is 265. The van der Waals surface area contributed by atoms with Gasteiger partial charge in [-0.05, 0) is 72.1 Å². The second-order valence-corrected chi connectivity index (χ2v) is 6.75. The Morgan fingerprint density at radius 1 is 1.26 bits per heavy atom. The third kappa shape index (κ3) is 8.22. The van der Waals surface area contributed by atoms with E-state index >= 15 is 0 Å². The molecule has 1 amide bonds. The highest BCUT2D eigenvalue weighted by Crippen LogP contribution is 2.16. The monoisotopic (exact) mass is 269 g/mol. The molecule has 4 nitrogen and oxygen atoms in total. The van der Waals surface area contributed by atoms with Crippen LogP contribution < -0.4 is 10.6 Å². The second kappa shape index (κ2) is 7.85. The van der Waals surface area contributed by atoms with Gasteiger partial charge in [0.05, 0.1) is 0 Å². The quantitative estimate of drug-likeness (QED) is 0.720. The Kier molecular flexibility index (Phi) is 6.80. The summed E-state index contributed by atoms with van der Waals surface area (Å²) in [5.41, 5.74) is 0.228. The Balaban J connectivity index is 2.05. The first-order chi connectivity index (χ1) is 8.87. The lowest BCUT2D eigenvalue weighted by Crippen LogP contribution is -2.40. The number of hydrogen-bond donors (Lipinski definition) is 2. The minimum Gasteiger partial charge on any atom is -0.356 e. The zero-order valence-electron chi connectivity index (χ0n) is 13.1. The molecule has 0 atom stereocenters. The predicted octanol–water partition coefficient (Wildman–Crippen LogP) is 1.61. The van der Waals surface area contributed by atoms with Crippen LogP contribution in [0.15, 0.2) is 0 Å². The average Bonchev–Trinajstić information content (AvgIpc) is 2.32. The lowest BCUT2D eigenvalue weighted by atomic mass is 9.96. The van der Waals surface area contributed by atoms with Crippen LogP contribution in [0.25, 0.3) is 0 Å². The van der Waals surface area contributed by atoms with E-state index in [0.717, 1.165) is 13.1 Å². The Hall–Kier alpha value is -0.610. The summed E-state index contributed by atoms with van der Waals surface area (Å²) in [6.45, 7) is 13.7. The van der Waals surface area contributed by atoms with Crippen molar-refractivity contribution in [3.8, 4) is 0 Å². The van der Waals surface area contributed by atoms with Crippen molar-refractivity contribution in [3.63, 3.8) is 0 Å². The first-order valence-corrected chi connectivity index (χ1v) is 7.58. The molecule has 0 aromatic carbocycles. The molecule has 0 unspecified atom stereocenters. The van der Waals surface area contributed by atoms with Gasteiger partial charge in [0.2, 0.25) is 5.91 Å². The highest BCUT2D eigenvalue weighted by Gasteiger charge is 2.18. The zero-order chi connectivity index (χ0) is 14.3. The molecule has 1 fully saturated rings. The smallest absolute Gasteiger partial charge is 0.216 e. The van der Waals surface area contributed by atoms with E-state index in [1.165, 1.54) is 38.9 Å². The van der Waals surface area contributed by atoms with Gasteiger partial charge in [-0.3, -0.25) is 4.79 Å². The topological polar surface area (TPSA) is 44.4 Å². The van der Waals surface area contributed by atoms with Crippen molar-refractivity contribution < 1.29 is 4.79 Å². The summed E-state index contributed by atoms with van der Waals surface area (Å²) in [7, 11) is 0. The molecule has 1 rings (SSSR count). The minimum absolute atomic E-state index is 0.0932. The summed E-state index contributed by atoms with van der Waals surface area (Å²) in [5.74, 6) is 0.767. The summed E-state index contributed by atoms with van der Waals surface area (Å²) < 4.78 is 0. The molecule has 0 aromatic heterocycles. The molecule has 1 aliphatic heterocycles. The molecular formula is C15H31N3O. The molecule has 0 bridgehead atoms. The normalized spacial score (nSPS) is 18.5. The van der Waals surface area contributed by atoms with Crippen molar-refractivity contribution in [3.05, 3.63) is 0 Å².